The Balaban J connectivity index is -0.00000000667. The third-order valence-corrected chi connectivity index (χ3v) is 0. The molecule has 0 unspecified atom stereocenters. The highest BCUT2D eigenvalue weighted by molar-refractivity contribution is 7.35. The maximum absolute atomic E-state index is 2.10. The lowest BCUT2D eigenvalue weighted by Gasteiger charge is -1.80. The van der Waals surface area contributed by atoms with Crippen molar-refractivity contribution < 1.29 is 0 Å². The van der Waals surface area contributed by atoms with Crippen LogP contribution in [0.3, 0.4) is 0 Å². The van der Waals surface area contributed by atoms with E-state index in [4.69, 9.17) is 0 Å². The summed E-state index contributed by atoms with van der Waals surface area (Å²) >= 11 is 0. The second-order valence-corrected chi connectivity index (χ2v) is 1.34. The Morgan fingerprint density at radius 3 is 0.833 bits per heavy atom. The van der Waals surface area contributed by atoms with Gasteiger partial charge < -0.3 is 8.58 Å². The van der Waals surface area contributed by atoms with E-state index in [2.05, 4.69) is 13.3 Å². The van der Waals surface area contributed by atoms with Gasteiger partial charge in [-0.1, -0.05) is 22.3 Å². The molecule has 0 N–H and O–H groups in total. The van der Waals surface area contributed by atoms with Gasteiger partial charge in [0.1, 0.15) is 0 Å². The predicted octanol–water partition coefficient (Wildman–Crippen LogP) is 3.10. The van der Waals surface area contributed by atoms with Gasteiger partial charge in [-0.25, -0.2) is 0 Å². The molecule has 0 radical (unpaired) electrons. The molecular weight excluding hydrogens is 91.0 g/mol. The Morgan fingerprint density at radius 2 is 0.833 bits per heavy atom. The molecule has 0 rings (SSSR count). The average molecular weight is 109 g/mol. The second-order valence-electron chi connectivity index (χ2n) is 0.447. The van der Waals surface area contributed by atoms with E-state index >= 15 is 0 Å². The zero-order valence-corrected chi connectivity index (χ0v) is 3.34. The first kappa shape index (κ1) is 32.1. The van der Waals surface area contributed by atoms with Gasteiger partial charge in [0.15, 0.2) is 0 Å². The Morgan fingerprint density at radius 1 is 0.833 bits per heavy atom. The lowest BCUT2D eigenvalue weighted by atomic mass is 11.9. The monoisotopic (exact) mass is 109 g/mol. The molecule has 1 heteroatoms. The van der Waals surface area contributed by atoms with Crippen molar-refractivity contribution in [1.29, 1.82) is 0 Å². The maximum atomic E-state index is 2.10. The van der Waals surface area contributed by atoms with E-state index in [1.54, 1.807) is 0 Å². The van der Waals surface area contributed by atoms with Gasteiger partial charge in [-0.15, -0.1) is 0 Å². The van der Waals surface area contributed by atoms with Gasteiger partial charge in [-0.3, -0.25) is 0 Å². The van der Waals surface area contributed by atoms with Crippen LogP contribution in [0.25, 0.3) is 0 Å². The molecule has 0 spiro atoms. The number of hydrogen-bond acceptors (Lipinski definition) is 0. The first-order valence-electron chi connectivity index (χ1n) is 0.894. The summed E-state index contributed by atoms with van der Waals surface area (Å²) in [5.41, 5.74) is 0. The molecule has 0 heterocycles. The van der Waals surface area contributed by atoms with E-state index < -0.39 is 0 Å². The summed E-state index contributed by atoms with van der Waals surface area (Å²) in [5.74, 6) is 0. The Hall–Kier alpha value is 0.430. The Labute approximate surface area is 45.1 Å². The van der Waals surface area contributed by atoms with Crippen LogP contribution in [0.1, 0.15) is 22.3 Å². The van der Waals surface area contributed by atoms with Crippen LogP contribution in [0.2, 0.25) is 0 Å². The van der Waals surface area contributed by atoms with Gasteiger partial charge in [0.05, 0.1) is 0 Å². The van der Waals surface area contributed by atoms with Crippen molar-refractivity contribution in [2.75, 3.05) is 13.3 Å². The average Bonchev–Trinajstić information content (AvgIpc) is 0.918. The molecule has 0 aromatic heterocycles. The maximum Gasteiger partial charge on any atom is -0.0776 e. The smallest absolute Gasteiger partial charge is 0.0776 e. The minimum Gasteiger partial charge on any atom is -0.547 e. The van der Waals surface area contributed by atoms with Crippen LogP contribution < -0.4 is 0 Å². The Kier molecular flexibility index (Phi) is 279. The van der Waals surface area contributed by atoms with Gasteiger partial charge in [0.25, 0.3) is 0 Å². The number of hydrogen-bond donors (Lipinski definition) is 0. The summed E-state index contributed by atoms with van der Waals surface area (Å²) in [6, 6.07) is 0. The Bertz CT molecular complexity index is 3.90. The lowest BCUT2D eigenvalue weighted by Crippen LogP contribution is -1.18. The minimum absolute atomic E-state index is 0. The van der Waals surface area contributed by atoms with Gasteiger partial charge >= 0.3 is 0 Å². The fraction of sp³-hybridized carbons (Fsp3) is 1.00. The van der Waals surface area contributed by atoms with Crippen LogP contribution in [0.15, 0.2) is 0 Å². The second kappa shape index (κ2) is 52.1. The third-order valence-electron chi connectivity index (χ3n) is 0. The van der Waals surface area contributed by atoms with E-state index in [9.17, 15) is 0 Å². The molecule has 0 aromatic rings. The summed E-state index contributed by atoms with van der Waals surface area (Å²) in [7, 11) is 1.42. The molecule has 0 fully saturated rings. The summed E-state index contributed by atoms with van der Waals surface area (Å²) in [4.78, 5) is 0. The van der Waals surface area contributed by atoms with E-state index in [0.29, 0.717) is 0 Å². The summed E-state index contributed by atoms with van der Waals surface area (Å²) in [6.45, 7) is 4.19. The van der Waals surface area contributed by atoms with Crippen molar-refractivity contribution in [3.05, 3.63) is 0 Å². The summed E-state index contributed by atoms with van der Waals surface area (Å²) < 4.78 is 0. The molecular formula is C5H18P-. The van der Waals surface area contributed by atoms with Crippen LogP contribution in [0, 0.1) is 0 Å². The minimum atomic E-state index is 0. The standard InChI is InChI=1S/C2H6P.3CH4/c1-3-2;;;/h1-2H3;3*1H4/q-1;;;. The molecule has 0 bridgehead atoms. The highest BCUT2D eigenvalue weighted by atomic mass is 31.1. The van der Waals surface area contributed by atoms with Crippen LogP contribution in [-0.4, -0.2) is 13.3 Å². The first-order chi connectivity index (χ1) is 1.41. The van der Waals surface area contributed by atoms with Crippen molar-refractivity contribution in [3.63, 3.8) is 0 Å². The van der Waals surface area contributed by atoms with Crippen LogP contribution >= 0.6 is 8.58 Å². The summed E-state index contributed by atoms with van der Waals surface area (Å²) in [6.07, 6.45) is 0. The zero-order valence-electron chi connectivity index (χ0n) is 2.45. The van der Waals surface area contributed by atoms with Crippen LogP contribution in [-0.2, 0) is 0 Å². The zero-order chi connectivity index (χ0) is 2.71. The highest BCUT2D eigenvalue weighted by Crippen LogP contribution is 1.84. The summed E-state index contributed by atoms with van der Waals surface area (Å²) in [5, 5.41) is 0. The van der Waals surface area contributed by atoms with Gasteiger partial charge in [-0.2, -0.15) is 13.3 Å². The third kappa shape index (κ3) is 282. The van der Waals surface area contributed by atoms with E-state index in [1.807, 2.05) is 0 Å². The molecule has 0 aliphatic rings. The lowest BCUT2D eigenvalue weighted by molar-refractivity contribution is 2.32. The predicted molar refractivity (Wildman–Crippen MR) is 39.0 cm³/mol. The van der Waals surface area contributed by atoms with E-state index in [-0.39, 0.29) is 22.3 Å². The van der Waals surface area contributed by atoms with Gasteiger partial charge in [-0.05, 0) is 0 Å². The van der Waals surface area contributed by atoms with Gasteiger partial charge in [0, 0.05) is 0 Å². The van der Waals surface area contributed by atoms with E-state index in [0.717, 1.165) is 0 Å². The molecule has 0 amide bonds. The SMILES string of the molecule is C.C.C.C[P-]C. The molecule has 0 aliphatic heterocycles. The molecule has 6 heavy (non-hydrogen) atoms. The van der Waals surface area contributed by atoms with Crippen LogP contribution in [0.4, 0.5) is 0 Å². The quantitative estimate of drug-likeness (QED) is 0.419. The fourth-order valence-corrected chi connectivity index (χ4v) is 0. The van der Waals surface area contributed by atoms with Gasteiger partial charge in [0.2, 0.25) is 0 Å². The van der Waals surface area contributed by atoms with Crippen molar-refractivity contribution in [2.24, 2.45) is 0 Å². The normalized spacial score (nSPS) is 3.00. The molecule has 0 aromatic carbocycles. The molecule has 0 aliphatic carbocycles. The van der Waals surface area contributed by atoms with Crippen molar-refractivity contribution in [3.8, 4) is 0 Å². The molecule has 0 nitrogen and oxygen atoms in total. The van der Waals surface area contributed by atoms with Crippen molar-refractivity contribution in [1.82, 2.24) is 0 Å². The molecule has 0 saturated carbocycles. The largest absolute Gasteiger partial charge is 0.547 e. The molecule has 0 saturated heterocycles. The molecule has 0 atom stereocenters. The number of rotatable bonds is 0. The molecule has 44 valence electrons. The fourth-order valence-electron chi connectivity index (χ4n) is 0. The van der Waals surface area contributed by atoms with Crippen LogP contribution in [0.5, 0.6) is 0 Å². The van der Waals surface area contributed by atoms with E-state index in [1.165, 1.54) is 8.58 Å². The van der Waals surface area contributed by atoms with Crippen molar-refractivity contribution >= 4 is 8.58 Å². The topological polar surface area (TPSA) is 0 Å². The first-order valence-corrected chi connectivity index (χ1v) is 2.68. The highest BCUT2D eigenvalue weighted by Gasteiger charge is 1.05. The van der Waals surface area contributed by atoms with Crippen molar-refractivity contribution in [2.45, 2.75) is 22.3 Å².